The molecule has 1 aromatic carbocycles. The van der Waals surface area contributed by atoms with Crippen LogP contribution in [0.25, 0.3) is 0 Å². The van der Waals surface area contributed by atoms with Crippen LogP contribution in [-0.2, 0) is 14.8 Å². The van der Waals surface area contributed by atoms with E-state index in [4.69, 9.17) is 4.74 Å². The Balaban J connectivity index is 1.68. The highest BCUT2D eigenvalue weighted by molar-refractivity contribution is 7.89. The molecule has 1 atom stereocenters. The fraction of sp³-hybridized carbons (Fsp3) is 0.421. The standard InChI is InChI=1S/C19H25FN4O3S/c1-23(2)18(15-4-3-5-16(20)12-15)14-22-19-7-6-17(13-21-19)28(25,26)24-8-10-27-11-9-24/h3-7,12-13,18H,8-11,14H2,1-2H3,(H,21,22)/t18-/m0/s1. The van der Waals surface area contributed by atoms with E-state index in [1.165, 1.54) is 22.6 Å². The van der Waals surface area contributed by atoms with E-state index in [0.717, 1.165) is 5.56 Å². The van der Waals surface area contributed by atoms with Gasteiger partial charge in [0.2, 0.25) is 10.0 Å². The van der Waals surface area contributed by atoms with Gasteiger partial charge in [0.05, 0.1) is 19.3 Å². The third-order valence-electron chi connectivity index (χ3n) is 4.68. The Kier molecular flexibility index (Phi) is 6.61. The third kappa shape index (κ3) is 4.85. The van der Waals surface area contributed by atoms with Gasteiger partial charge in [-0.3, -0.25) is 0 Å². The molecular formula is C19H25FN4O3S. The van der Waals surface area contributed by atoms with E-state index in [9.17, 15) is 12.8 Å². The Bertz CT molecular complexity index is 884. The van der Waals surface area contributed by atoms with E-state index >= 15 is 0 Å². The van der Waals surface area contributed by atoms with E-state index in [-0.39, 0.29) is 16.8 Å². The number of hydrogen-bond donors (Lipinski definition) is 1. The molecule has 2 heterocycles. The number of pyridine rings is 1. The number of likely N-dealkylation sites (N-methyl/N-ethyl adjacent to an activating group) is 1. The Labute approximate surface area is 165 Å². The fourth-order valence-electron chi connectivity index (χ4n) is 3.09. The van der Waals surface area contributed by atoms with Crippen molar-refractivity contribution in [2.75, 3.05) is 52.3 Å². The summed E-state index contributed by atoms with van der Waals surface area (Å²) in [5.41, 5.74) is 0.851. The maximum Gasteiger partial charge on any atom is 0.244 e. The van der Waals surface area contributed by atoms with Crippen molar-refractivity contribution in [3.63, 3.8) is 0 Å². The highest BCUT2D eigenvalue weighted by atomic mass is 32.2. The summed E-state index contributed by atoms with van der Waals surface area (Å²) in [6.45, 7) is 2.00. The molecule has 1 N–H and O–H groups in total. The molecule has 0 spiro atoms. The van der Waals surface area contributed by atoms with Crippen LogP contribution in [0.5, 0.6) is 0 Å². The minimum Gasteiger partial charge on any atom is -0.379 e. The minimum atomic E-state index is -3.56. The number of ether oxygens (including phenoxy) is 1. The molecule has 1 aromatic heterocycles. The van der Waals surface area contributed by atoms with Gasteiger partial charge in [0, 0.05) is 25.8 Å². The SMILES string of the molecule is CN(C)[C@@H](CNc1ccc(S(=O)(=O)N2CCOCC2)cn1)c1cccc(F)c1. The molecule has 152 valence electrons. The summed E-state index contributed by atoms with van der Waals surface area (Å²) >= 11 is 0. The van der Waals surface area contributed by atoms with Crippen molar-refractivity contribution in [2.45, 2.75) is 10.9 Å². The molecule has 7 nitrogen and oxygen atoms in total. The smallest absolute Gasteiger partial charge is 0.244 e. The largest absolute Gasteiger partial charge is 0.379 e. The summed E-state index contributed by atoms with van der Waals surface area (Å²) in [7, 11) is 0.281. The zero-order chi connectivity index (χ0) is 20.1. The normalized spacial score (nSPS) is 16.9. The van der Waals surface area contributed by atoms with E-state index < -0.39 is 10.0 Å². The molecule has 1 fully saturated rings. The lowest BCUT2D eigenvalue weighted by Crippen LogP contribution is -2.40. The second kappa shape index (κ2) is 8.95. The summed E-state index contributed by atoms with van der Waals surface area (Å²) < 4.78 is 45.4. The van der Waals surface area contributed by atoms with Crippen molar-refractivity contribution in [1.82, 2.24) is 14.2 Å². The first-order valence-corrected chi connectivity index (χ1v) is 10.5. The lowest BCUT2D eigenvalue weighted by molar-refractivity contribution is 0.0730. The summed E-state index contributed by atoms with van der Waals surface area (Å²) in [5, 5.41) is 3.20. The van der Waals surface area contributed by atoms with Gasteiger partial charge in [0.15, 0.2) is 0 Å². The molecule has 1 saturated heterocycles. The predicted molar refractivity (Wildman–Crippen MR) is 105 cm³/mol. The van der Waals surface area contributed by atoms with Crippen LogP contribution in [-0.4, -0.2) is 69.6 Å². The lowest BCUT2D eigenvalue weighted by Gasteiger charge is -2.26. The number of aromatic nitrogens is 1. The fourth-order valence-corrected chi connectivity index (χ4v) is 4.44. The van der Waals surface area contributed by atoms with Crippen LogP contribution < -0.4 is 5.32 Å². The van der Waals surface area contributed by atoms with E-state index in [1.54, 1.807) is 18.2 Å². The van der Waals surface area contributed by atoms with Gasteiger partial charge in [-0.05, 0) is 43.9 Å². The summed E-state index contributed by atoms with van der Waals surface area (Å²) in [5.74, 6) is 0.282. The lowest BCUT2D eigenvalue weighted by atomic mass is 10.1. The molecule has 9 heteroatoms. The van der Waals surface area contributed by atoms with Crippen molar-refractivity contribution in [3.05, 3.63) is 54.0 Å². The zero-order valence-electron chi connectivity index (χ0n) is 16.0. The maximum atomic E-state index is 13.5. The molecule has 2 aromatic rings. The monoisotopic (exact) mass is 408 g/mol. The highest BCUT2D eigenvalue weighted by Gasteiger charge is 2.26. The van der Waals surface area contributed by atoms with Crippen molar-refractivity contribution in [3.8, 4) is 0 Å². The number of nitrogens with one attached hydrogen (secondary N) is 1. The molecule has 0 radical (unpaired) electrons. The van der Waals surface area contributed by atoms with E-state index in [1.807, 2.05) is 25.1 Å². The molecule has 0 saturated carbocycles. The second-order valence-electron chi connectivity index (χ2n) is 6.81. The number of sulfonamides is 1. The van der Waals surface area contributed by atoms with Gasteiger partial charge >= 0.3 is 0 Å². The van der Waals surface area contributed by atoms with Gasteiger partial charge in [0.1, 0.15) is 16.5 Å². The number of rotatable bonds is 7. The van der Waals surface area contributed by atoms with E-state index in [0.29, 0.717) is 38.7 Å². The summed E-state index contributed by atoms with van der Waals surface area (Å²) in [6.07, 6.45) is 1.36. The Hall–Kier alpha value is -2.07. The topological polar surface area (TPSA) is 74.8 Å². The minimum absolute atomic E-state index is 0.0609. The van der Waals surface area contributed by atoms with E-state index in [2.05, 4.69) is 10.3 Å². The van der Waals surface area contributed by atoms with Crippen LogP contribution >= 0.6 is 0 Å². The first-order valence-electron chi connectivity index (χ1n) is 9.07. The second-order valence-corrected chi connectivity index (χ2v) is 8.75. The Morgan fingerprint density at radius 3 is 2.61 bits per heavy atom. The van der Waals surface area contributed by atoms with Gasteiger partial charge in [0.25, 0.3) is 0 Å². The molecule has 1 aliphatic rings. The molecule has 0 unspecified atom stereocenters. The summed E-state index contributed by atoms with van der Waals surface area (Å²) in [6, 6.07) is 9.62. The van der Waals surface area contributed by atoms with Gasteiger partial charge in [-0.2, -0.15) is 4.31 Å². The average molecular weight is 408 g/mol. The number of nitrogens with zero attached hydrogens (tertiary/aromatic N) is 3. The molecule has 0 bridgehead atoms. The van der Waals surface area contributed by atoms with Crippen LogP contribution in [0.1, 0.15) is 11.6 Å². The number of benzene rings is 1. The quantitative estimate of drug-likeness (QED) is 0.755. The average Bonchev–Trinajstić information content (AvgIpc) is 2.69. The summed E-state index contributed by atoms with van der Waals surface area (Å²) in [4.78, 5) is 6.39. The predicted octanol–water partition coefficient (Wildman–Crippen LogP) is 1.96. The zero-order valence-corrected chi connectivity index (χ0v) is 16.8. The molecule has 1 aliphatic heterocycles. The van der Waals surface area contributed by atoms with Gasteiger partial charge in [-0.15, -0.1) is 0 Å². The van der Waals surface area contributed by atoms with Crippen molar-refractivity contribution >= 4 is 15.8 Å². The number of anilines is 1. The molecule has 28 heavy (non-hydrogen) atoms. The van der Waals surface area contributed by atoms with Crippen LogP contribution in [0.2, 0.25) is 0 Å². The Morgan fingerprint density at radius 2 is 2.00 bits per heavy atom. The van der Waals surface area contributed by atoms with Crippen LogP contribution in [0.3, 0.4) is 0 Å². The molecule has 0 amide bonds. The number of halogens is 1. The molecular weight excluding hydrogens is 383 g/mol. The molecule has 3 rings (SSSR count). The number of morpholine rings is 1. The van der Waals surface area contributed by atoms with Gasteiger partial charge in [-0.25, -0.2) is 17.8 Å². The molecule has 0 aliphatic carbocycles. The van der Waals surface area contributed by atoms with Crippen molar-refractivity contribution < 1.29 is 17.5 Å². The third-order valence-corrected chi connectivity index (χ3v) is 6.56. The van der Waals surface area contributed by atoms with Crippen LogP contribution in [0.15, 0.2) is 47.5 Å². The first kappa shape index (κ1) is 20.7. The first-order chi connectivity index (χ1) is 13.4. The van der Waals surface area contributed by atoms with Gasteiger partial charge in [-0.1, -0.05) is 12.1 Å². The number of hydrogen-bond acceptors (Lipinski definition) is 6. The van der Waals surface area contributed by atoms with Crippen molar-refractivity contribution in [1.29, 1.82) is 0 Å². The van der Waals surface area contributed by atoms with Crippen LogP contribution in [0, 0.1) is 5.82 Å². The maximum absolute atomic E-state index is 13.5. The highest BCUT2D eigenvalue weighted by Crippen LogP contribution is 2.21. The van der Waals surface area contributed by atoms with Crippen LogP contribution in [0.4, 0.5) is 10.2 Å². The Morgan fingerprint density at radius 1 is 1.25 bits per heavy atom. The van der Waals surface area contributed by atoms with Crippen molar-refractivity contribution in [2.24, 2.45) is 0 Å². The van der Waals surface area contributed by atoms with Gasteiger partial charge < -0.3 is 15.0 Å².